The molecule has 0 saturated heterocycles. The highest BCUT2D eigenvalue weighted by Crippen LogP contribution is 2.20. The van der Waals surface area contributed by atoms with Crippen LogP contribution in [0, 0.1) is 6.92 Å². The molecule has 1 unspecified atom stereocenters. The summed E-state index contributed by atoms with van der Waals surface area (Å²) in [5, 5.41) is 7.39. The number of carbonyl (C=O) groups is 1. The molecule has 0 aliphatic carbocycles. The number of nitrogens with zero attached hydrogens (tertiary/aromatic N) is 1. The molecule has 0 radical (unpaired) electrons. The third-order valence-corrected chi connectivity index (χ3v) is 4.70. The van der Waals surface area contributed by atoms with E-state index in [1.54, 1.807) is 23.5 Å². The van der Waals surface area contributed by atoms with Gasteiger partial charge in [-0.15, -0.1) is 11.3 Å². The summed E-state index contributed by atoms with van der Waals surface area (Å²) in [6.07, 6.45) is 3.40. The molecule has 2 aromatic heterocycles. The van der Waals surface area contributed by atoms with Crippen molar-refractivity contribution in [2.45, 2.75) is 26.4 Å². The van der Waals surface area contributed by atoms with Gasteiger partial charge in [-0.1, -0.05) is 12.1 Å². The number of nitrogens with one attached hydrogen (secondary N) is 2. The predicted octanol–water partition coefficient (Wildman–Crippen LogP) is 4.15. The Morgan fingerprint density at radius 1 is 1.33 bits per heavy atom. The van der Waals surface area contributed by atoms with Crippen molar-refractivity contribution >= 4 is 22.9 Å². The summed E-state index contributed by atoms with van der Waals surface area (Å²) in [7, 11) is 0. The molecule has 3 rings (SSSR count). The van der Waals surface area contributed by atoms with Crippen molar-refractivity contribution in [1.82, 2.24) is 10.3 Å². The van der Waals surface area contributed by atoms with Crippen LogP contribution in [0.3, 0.4) is 0 Å². The van der Waals surface area contributed by atoms with Crippen molar-refractivity contribution in [3.8, 4) is 0 Å². The van der Waals surface area contributed by atoms with Gasteiger partial charge in [0.15, 0.2) is 5.76 Å². The van der Waals surface area contributed by atoms with Crippen LogP contribution >= 0.6 is 11.3 Å². The molecule has 1 amide bonds. The first-order valence-corrected chi connectivity index (χ1v) is 8.53. The van der Waals surface area contributed by atoms with Crippen LogP contribution in [0.1, 0.15) is 39.0 Å². The fourth-order valence-corrected chi connectivity index (χ4v) is 3.12. The van der Waals surface area contributed by atoms with Gasteiger partial charge in [-0.05, 0) is 43.7 Å². The molecule has 2 N–H and O–H groups in total. The van der Waals surface area contributed by atoms with Gasteiger partial charge >= 0.3 is 0 Å². The van der Waals surface area contributed by atoms with Crippen molar-refractivity contribution in [1.29, 1.82) is 0 Å². The van der Waals surface area contributed by atoms with Gasteiger partial charge in [0.05, 0.1) is 11.3 Å². The van der Waals surface area contributed by atoms with Gasteiger partial charge in [0, 0.05) is 29.3 Å². The first-order chi connectivity index (χ1) is 11.6. The van der Waals surface area contributed by atoms with E-state index >= 15 is 0 Å². The highest BCUT2D eigenvalue weighted by atomic mass is 32.1. The zero-order valence-electron chi connectivity index (χ0n) is 13.6. The average Bonchev–Trinajstić information content (AvgIpc) is 3.24. The van der Waals surface area contributed by atoms with E-state index in [9.17, 15) is 4.79 Å². The van der Waals surface area contributed by atoms with Gasteiger partial charge in [0.1, 0.15) is 0 Å². The number of furan rings is 1. The predicted molar refractivity (Wildman–Crippen MR) is 95.2 cm³/mol. The van der Waals surface area contributed by atoms with E-state index < -0.39 is 0 Å². The largest absolute Gasteiger partial charge is 0.459 e. The number of hydrogen-bond acceptors (Lipinski definition) is 5. The number of hydrogen-bond donors (Lipinski definition) is 2. The fraction of sp³-hybridized carbons (Fsp3) is 0.222. The zero-order valence-corrected chi connectivity index (χ0v) is 14.4. The van der Waals surface area contributed by atoms with E-state index in [2.05, 4.69) is 22.5 Å². The molecule has 124 valence electrons. The summed E-state index contributed by atoms with van der Waals surface area (Å²) in [5.74, 6) is 0.0475. The molecular formula is C18H19N3O2S. The average molecular weight is 341 g/mol. The highest BCUT2D eigenvalue weighted by molar-refractivity contribution is 7.11. The number of thiazole rings is 1. The molecule has 0 saturated carbocycles. The number of carbonyl (C=O) groups excluding carboxylic acids is 1. The number of amides is 1. The van der Waals surface area contributed by atoms with Gasteiger partial charge < -0.3 is 15.1 Å². The lowest BCUT2D eigenvalue weighted by atomic mass is 10.2. The summed E-state index contributed by atoms with van der Waals surface area (Å²) in [6.45, 7) is 4.84. The fourth-order valence-electron chi connectivity index (χ4n) is 2.31. The summed E-state index contributed by atoms with van der Waals surface area (Å²) in [5.41, 5.74) is 1.84. The Labute approximate surface area is 144 Å². The lowest BCUT2D eigenvalue weighted by Gasteiger charge is -2.12. The van der Waals surface area contributed by atoms with Crippen LogP contribution in [0.4, 0.5) is 5.69 Å². The van der Waals surface area contributed by atoms with Crippen molar-refractivity contribution in [2.24, 2.45) is 0 Å². The minimum atomic E-state index is -0.251. The van der Waals surface area contributed by atoms with Crippen molar-refractivity contribution in [3.63, 3.8) is 0 Å². The third-order valence-electron chi connectivity index (χ3n) is 3.61. The smallest absolute Gasteiger partial charge is 0.291 e. The van der Waals surface area contributed by atoms with Crippen molar-refractivity contribution in [3.05, 3.63) is 70.1 Å². The Morgan fingerprint density at radius 2 is 2.21 bits per heavy atom. The van der Waals surface area contributed by atoms with Gasteiger partial charge in [0.25, 0.3) is 5.91 Å². The number of aromatic nitrogens is 1. The molecule has 1 atom stereocenters. The molecule has 0 bridgehead atoms. The van der Waals surface area contributed by atoms with Crippen LogP contribution in [0.5, 0.6) is 0 Å². The lowest BCUT2D eigenvalue weighted by Crippen LogP contribution is -2.17. The highest BCUT2D eigenvalue weighted by Gasteiger charge is 2.10. The van der Waals surface area contributed by atoms with E-state index in [1.165, 1.54) is 11.1 Å². The van der Waals surface area contributed by atoms with E-state index in [0.717, 1.165) is 16.3 Å². The Balaban J connectivity index is 1.60. The van der Waals surface area contributed by atoms with Crippen LogP contribution in [0.25, 0.3) is 0 Å². The van der Waals surface area contributed by atoms with Crippen molar-refractivity contribution in [2.75, 3.05) is 5.32 Å². The molecule has 0 aliphatic rings. The normalized spacial score (nSPS) is 12.1. The van der Waals surface area contributed by atoms with E-state index in [-0.39, 0.29) is 11.9 Å². The van der Waals surface area contributed by atoms with Gasteiger partial charge in [-0.3, -0.25) is 4.79 Å². The molecule has 24 heavy (non-hydrogen) atoms. The molecular weight excluding hydrogens is 322 g/mol. The van der Waals surface area contributed by atoms with E-state index in [0.29, 0.717) is 12.3 Å². The second kappa shape index (κ2) is 7.42. The molecule has 5 nitrogen and oxygen atoms in total. The SMILES string of the molecule is Cc1ncc(C(C)NCc2cccc(NC(=O)c3ccco3)c2)s1. The molecule has 0 fully saturated rings. The second-order valence-corrected chi connectivity index (χ2v) is 6.78. The van der Waals surface area contributed by atoms with Gasteiger partial charge in [-0.25, -0.2) is 4.98 Å². The first kappa shape index (κ1) is 16.4. The quantitative estimate of drug-likeness (QED) is 0.707. The van der Waals surface area contributed by atoms with Crippen LogP contribution in [0.15, 0.2) is 53.3 Å². The molecule has 6 heteroatoms. The minimum Gasteiger partial charge on any atom is -0.459 e. The maximum atomic E-state index is 12.0. The summed E-state index contributed by atoms with van der Waals surface area (Å²) in [4.78, 5) is 17.5. The number of anilines is 1. The summed E-state index contributed by atoms with van der Waals surface area (Å²) < 4.78 is 5.10. The van der Waals surface area contributed by atoms with E-state index in [4.69, 9.17) is 4.42 Å². The molecule has 0 spiro atoms. The zero-order chi connectivity index (χ0) is 16.9. The van der Waals surface area contributed by atoms with Crippen LogP contribution in [-0.2, 0) is 6.54 Å². The molecule has 3 aromatic rings. The third kappa shape index (κ3) is 4.10. The molecule has 1 aromatic carbocycles. The standard InChI is InChI=1S/C18H19N3O2S/c1-12(17-11-20-13(2)24-17)19-10-14-5-3-6-15(9-14)21-18(22)16-7-4-8-23-16/h3-9,11-12,19H,10H2,1-2H3,(H,21,22). The lowest BCUT2D eigenvalue weighted by molar-refractivity contribution is 0.0996. The maximum absolute atomic E-state index is 12.0. The Kier molecular flexibility index (Phi) is 5.08. The van der Waals surface area contributed by atoms with Crippen LogP contribution in [0.2, 0.25) is 0 Å². The van der Waals surface area contributed by atoms with E-state index in [1.807, 2.05) is 37.4 Å². The Morgan fingerprint density at radius 3 is 2.92 bits per heavy atom. The topological polar surface area (TPSA) is 67.2 Å². The Hall–Kier alpha value is -2.44. The first-order valence-electron chi connectivity index (χ1n) is 7.71. The molecule has 2 heterocycles. The summed E-state index contributed by atoms with van der Waals surface area (Å²) in [6, 6.07) is 11.3. The minimum absolute atomic E-state index is 0.234. The molecule has 0 aliphatic heterocycles. The summed E-state index contributed by atoms with van der Waals surface area (Å²) >= 11 is 1.70. The maximum Gasteiger partial charge on any atom is 0.291 e. The van der Waals surface area contributed by atoms with Crippen molar-refractivity contribution < 1.29 is 9.21 Å². The van der Waals surface area contributed by atoms with Gasteiger partial charge in [-0.2, -0.15) is 0 Å². The Bertz CT molecular complexity index is 811. The monoisotopic (exact) mass is 341 g/mol. The van der Waals surface area contributed by atoms with Crippen LogP contribution in [-0.4, -0.2) is 10.9 Å². The second-order valence-electron chi connectivity index (χ2n) is 5.52. The number of benzene rings is 1. The van der Waals surface area contributed by atoms with Crippen LogP contribution < -0.4 is 10.6 Å². The van der Waals surface area contributed by atoms with Gasteiger partial charge in [0.2, 0.25) is 0 Å². The number of aryl methyl sites for hydroxylation is 1. The number of rotatable bonds is 6.